The molecule has 0 unspecified atom stereocenters. The van der Waals surface area contributed by atoms with E-state index >= 15 is 0 Å². The highest BCUT2D eigenvalue weighted by atomic mass is 16.1. The van der Waals surface area contributed by atoms with Crippen molar-refractivity contribution < 1.29 is 8.91 Å². The van der Waals surface area contributed by atoms with Gasteiger partial charge in [-0.1, -0.05) is 6.92 Å². The van der Waals surface area contributed by atoms with Crippen molar-refractivity contribution in [2.75, 3.05) is 31.5 Å². The molecule has 3 aromatic rings. The first-order valence-corrected chi connectivity index (χ1v) is 10.4. The average Bonchev–Trinajstić information content (AvgIpc) is 2.78. The van der Waals surface area contributed by atoms with E-state index < -0.39 is 12.9 Å². The lowest BCUT2D eigenvalue weighted by molar-refractivity contribution is 0.0958. The third kappa shape index (κ3) is 4.44. The highest BCUT2D eigenvalue weighted by Gasteiger charge is 2.24. The van der Waals surface area contributed by atoms with Crippen LogP contribution in [0, 0.1) is 0 Å². The number of aryl methyl sites for hydroxylation is 1. The molecule has 0 bridgehead atoms. The molecule has 2 N–H and O–H groups in total. The van der Waals surface area contributed by atoms with Crippen molar-refractivity contribution in [3.05, 3.63) is 63.8 Å². The van der Waals surface area contributed by atoms with Gasteiger partial charge in [0.25, 0.3) is 11.5 Å². The standard InChI is InChI=1S/C23H28N6O2/c1-4-17-10-20-21(27-22(17)30)9-16(11-25-20)14-28-7-8-29(15(2)13-28)18-5-6-19(26-12-18)23(31)24-3/h5-6,9-12,15H,4,7-8,13-14H2,1-3H3,(H,24,31)(H,27,30)/t15-/m0/s1/i3D3. The molecule has 162 valence electrons. The van der Waals surface area contributed by atoms with Gasteiger partial charge in [0.1, 0.15) is 5.69 Å². The number of carbonyl (C=O) groups is 1. The van der Waals surface area contributed by atoms with Gasteiger partial charge in [-0.15, -0.1) is 0 Å². The molecule has 0 saturated carbocycles. The number of amides is 1. The second-order valence-corrected chi connectivity index (χ2v) is 7.89. The molecule has 1 aliphatic rings. The van der Waals surface area contributed by atoms with Gasteiger partial charge in [0.05, 0.1) is 22.9 Å². The van der Waals surface area contributed by atoms with Gasteiger partial charge in [0.2, 0.25) is 0 Å². The number of aromatic amines is 1. The Bertz CT molecular complexity index is 1240. The van der Waals surface area contributed by atoms with Crippen LogP contribution in [-0.4, -0.2) is 58.4 Å². The molecule has 3 aromatic heterocycles. The molecule has 1 aliphatic heterocycles. The minimum absolute atomic E-state index is 0.0632. The highest BCUT2D eigenvalue weighted by Crippen LogP contribution is 2.21. The van der Waals surface area contributed by atoms with Gasteiger partial charge in [-0.05, 0) is 43.2 Å². The molecule has 0 aliphatic carbocycles. The van der Waals surface area contributed by atoms with E-state index in [4.69, 9.17) is 4.11 Å². The summed E-state index contributed by atoms with van der Waals surface area (Å²) in [7, 11) is 0. The van der Waals surface area contributed by atoms with Crippen LogP contribution in [0.4, 0.5) is 5.69 Å². The van der Waals surface area contributed by atoms with Crippen molar-refractivity contribution in [1.82, 2.24) is 25.2 Å². The Morgan fingerprint density at radius 3 is 2.87 bits per heavy atom. The Hall–Kier alpha value is -3.26. The molecular weight excluding hydrogens is 392 g/mol. The molecule has 1 amide bonds. The Kier molecular flexibility index (Phi) is 4.97. The summed E-state index contributed by atoms with van der Waals surface area (Å²) in [4.78, 5) is 40.3. The minimum atomic E-state index is -2.55. The monoisotopic (exact) mass is 423 g/mol. The van der Waals surface area contributed by atoms with E-state index in [0.717, 1.165) is 54.0 Å². The van der Waals surface area contributed by atoms with Crippen molar-refractivity contribution in [2.45, 2.75) is 32.9 Å². The zero-order valence-electron chi connectivity index (χ0n) is 20.7. The van der Waals surface area contributed by atoms with Gasteiger partial charge >= 0.3 is 0 Å². The normalized spacial score (nSPS) is 19.0. The molecule has 1 atom stereocenters. The highest BCUT2D eigenvalue weighted by molar-refractivity contribution is 5.92. The fourth-order valence-corrected chi connectivity index (χ4v) is 4.09. The summed E-state index contributed by atoms with van der Waals surface area (Å²) in [6, 6.07) is 7.39. The lowest BCUT2D eigenvalue weighted by Gasteiger charge is -2.41. The number of nitrogens with zero attached hydrogens (tertiary/aromatic N) is 4. The molecule has 4 rings (SSSR count). The molecule has 0 radical (unpaired) electrons. The van der Waals surface area contributed by atoms with Gasteiger partial charge in [-0.3, -0.25) is 19.5 Å². The van der Waals surface area contributed by atoms with Crippen LogP contribution < -0.4 is 15.8 Å². The van der Waals surface area contributed by atoms with Crippen LogP contribution in [-0.2, 0) is 13.0 Å². The second-order valence-electron chi connectivity index (χ2n) is 7.89. The molecule has 1 fully saturated rings. The number of carbonyl (C=O) groups excluding carboxylic acids is 1. The molecule has 8 heteroatoms. The van der Waals surface area contributed by atoms with Crippen LogP contribution in [0.15, 0.2) is 41.5 Å². The van der Waals surface area contributed by atoms with Crippen molar-refractivity contribution in [3.63, 3.8) is 0 Å². The van der Waals surface area contributed by atoms with Crippen LogP contribution in [0.5, 0.6) is 0 Å². The van der Waals surface area contributed by atoms with Gasteiger partial charge in [-0.25, -0.2) is 4.98 Å². The maximum Gasteiger partial charge on any atom is 0.269 e. The van der Waals surface area contributed by atoms with Crippen LogP contribution in [0.1, 0.15) is 39.6 Å². The van der Waals surface area contributed by atoms with Crippen molar-refractivity contribution in [3.8, 4) is 0 Å². The third-order valence-electron chi connectivity index (χ3n) is 5.75. The number of pyridine rings is 3. The number of nitrogens with one attached hydrogen (secondary N) is 2. The summed E-state index contributed by atoms with van der Waals surface area (Å²) < 4.78 is 21.4. The Morgan fingerprint density at radius 1 is 1.29 bits per heavy atom. The van der Waals surface area contributed by atoms with Crippen LogP contribution >= 0.6 is 0 Å². The molecule has 31 heavy (non-hydrogen) atoms. The summed E-state index contributed by atoms with van der Waals surface area (Å²) >= 11 is 0. The van der Waals surface area contributed by atoms with E-state index in [1.165, 1.54) is 0 Å². The maximum atomic E-state index is 12.1. The topological polar surface area (TPSA) is 94.2 Å². The second kappa shape index (κ2) is 8.85. The minimum Gasteiger partial charge on any atom is -0.365 e. The largest absolute Gasteiger partial charge is 0.365 e. The number of rotatable bonds is 5. The van der Waals surface area contributed by atoms with Crippen LogP contribution in [0.2, 0.25) is 0 Å². The number of hydrogen-bond donors (Lipinski definition) is 2. The first kappa shape index (κ1) is 17.4. The van der Waals surface area contributed by atoms with Crippen LogP contribution in [0.25, 0.3) is 11.0 Å². The van der Waals surface area contributed by atoms with E-state index in [1.54, 1.807) is 18.3 Å². The average molecular weight is 424 g/mol. The summed E-state index contributed by atoms with van der Waals surface area (Å²) in [6.45, 7) is 4.69. The van der Waals surface area contributed by atoms with E-state index in [2.05, 4.69) is 31.7 Å². The molecule has 1 saturated heterocycles. The molecule has 0 spiro atoms. The van der Waals surface area contributed by atoms with Gasteiger partial charge in [0, 0.05) is 55.1 Å². The molecule has 8 nitrogen and oxygen atoms in total. The first-order chi connectivity index (χ1) is 16.1. The summed E-state index contributed by atoms with van der Waals surface area (Å²) in [5, 5.41) is 1.95. The quantitative estimate of drug-likeness (QED) is 0.652. The predicted molar refractivity (Wildman–Crippen MR) is 121 cm³/mol. The van der Waals surface area contributed by atoms with E-state index in [1.807, 2.05) is 30.6 Å². The number of aromatic nitrogens is 3. The zero-order valence-corrected chi connectivity index (χ0v) is 17.7. The predicted octanol–water partition coefficient (Wildman–Crippen LogP) is 1.95. The Labute approximate surface area is 185 Å². The van der Waals surface area contributed by atoms with Crippen LogP contribution in [0.3, 0.4) is 0 Å². The summed E-state index contributed by atoms with van der Waals surface area (Å²) in [5.41, 5.74) is 4.21. The number of piperazine rings is 1. The van der Waals surface area contributed by atoms with E-state index in [-0.39, 0.29) is 17.3 Å². The molecule has 4 heterocycles. The van der Waals surface area contributed by atoms with E-state index in [9.17, 15) is 9.59 Å². The van der Waals surface area contributed by atoms with Crippen molar-refractivity contribution in [2.24, 2.45) is 0 Å². The first-order valence-electron chi connectivity index (χ1n) is 11.9. The number of hydrogen-bond acceptors (Lipinski definition) is 6. The number of anilines is 1. The maximum absolute atomic E-state index is 12.1. The Balaban J connectivity index is 1.39. The lowest BCUT2D eigenvalue weighted by atomic mass is 10.1. The Morgan fingerprint density at radius 2 is 2.16 bits per heavy atom. The van der Waals surface area contributed by atoms with Gasteiger partial charge in [-0.2, -0.15) is 0 Å². The fourth-order valence-electron chi connectivity index (χ4n) is 4.09. The van der Waals surface area contributed by atoms with Crippen molar-refractivity contribution in [1.29, 1.82) is 0 Å². The molecule has 0 aromatic carbocycles. The smallest absolute Gasteiger partial charge is 0.269 e. The summed E-state index contributed by atoms with van der Waals surface area (Å²) in [6.07, 6.45) is 4.14. The summed E-state index contributed by atoms with van der Waals surface area (Å²) in [5.74, 6) is -0.722. The number of H-pyrrole nitrogens is 1. The van der Waals surface area contributed by atoms with E-state index in [0.29, 0.717) is 6.42 Å². The number of fused-ring (bicyclic) bond motifs is 1. The van der Waals surface area contributed by atoms with Gasteiger partial charge in [0.15, 0.2) is 0 Å². The molecular formula is C23H28N6O2. The third-order valence-corrected chi connectivity index (χ3v) is 5.75. The van der Waals surface area contributed by atoms with Gasteiger partial charge < -0.3 is 15.2 Å². The fraction of sp³-hybridized carbons (Fsp3) is 0.391. The lowest BCUT2D eigenvalue weighted by Crippen LogP contribution is -2.51. The zero-order chi connectivity index (χ0) is 24.5. The SMILES string of the molecule is [2H]C([2H])([2H])NC(=O)c1ccc(N2CCN(Cc3cnc4cc(CC)c(=O)[nH]c4c3)C[C@@H]2C)cn1. The van der Waals surface area contributed by atoms with Crippen molar-refractivity contribution >= 4 is 22.6 Å².